The highest BCUT2D eigenvalue weighted by atomic mass is 19.1. The van der Waals surface area contributed by atoms with E-state index < -0.39 is 0 Å². The SMILES string of the molecule is CC.CC.CC1=CC=C(c2ccccc2)CC1.Cc1ccc(-c2ccc(C3=CCC(C)C=C3F)n2C(C)(C)C)c(F)c1.Cc1ccc(-c2ccccc2)cc1.Cc1cccnc1.Cc1cccnc1. The van der Waals surface area contributed by atoms with Gasteiger partial charge in [0.1, 0.15) is 11.6 Å². The summed E-state index contributed by atoms with van der Waals surface area (Å²) in [6, 6.07) is 46.6. The molecule has 7 aromatic rings. The minimum absolute atomic E-state index is 0.196. The summed E-state index contributed by atoms with van der Waals surface area (Å²) >= 11 is 0. The van der Waals surface area contributed by atoms with Crippen LogP contribution in [0.2, 0.25) is 0 Å². The topological polar surface area (TPSA) is 30.7 Å². The quantitative estimate of drug-likeness (QED) is 0.176. The summed E-state index contributed by atoms with van der Waals surface area (Å²) in [5, 5.41) is 0. The van der Waals surface area contributed by atoms with Crippen molar-refractivity contribution in [3.63, 3.8) is 0 Å². The molecule has 69 heavy (non-hydrogen) atoms. The van der Waals surface area contributed by atoms with Crippen LogP contribution in [0.5, 0.6) is 0 Å². The van der Waals surface area contributed by atoms with Gasteiger partial charge >= 0.3 is 0 Å². The second-order valence-corrected chi connectivity index (χ2v) is 17.8. The summed E-state index contributed by atoms with van der Waals surface area (Å²) in [6.45, 7) is 26.4. The fourth-order valence-corrected chi connectivity index (χ4v) is 7.35. The molecule has 3 nitrogen and oxygen atoms in total. The third kappa shape index (κ3) is 19.1. The van der Waals surface area contributed by atoms with Gasteiger partial charge in [-0.3, -0.25) is 9.97 Å². The van der Waals surface area contributed by atoms with Gasteiger partial charge in [0.2, 0.25) is 0 Å². The summed E-state index contributed by atoms with van der Waals surface area (Å²) in [6.07, 6.45) is 18.5. The van der Waals surface area contributed by atoms with Gasteiger partial charge in [-0.05, 0) is 162 Å². The van der Waals surface area contributed by atoms with Crippen molar-refractivity contribution in [1.82, 2.24) is 14.5 Å². The lowest BCUT2D eigenvalue weighted by Crippen LogP contribution is -2.25. The summed E-state index contributed by atoms with van der Waals surface area (Å²) in [7, 11) is 0. The first-order chi connectivity index (χ1) is 33.2. The highest BCUT2D eigenvalue weighted by Crippen LogP contribution is 2.39. The zero-order chi connectivity index (χ0) is 50.8. The van der Waals surface area contributed by atoms with Crippen molar-refractivity contribution in [1.29, 1.82) is 0 Å². The fraction of sp³-hybridized carbons (Fsp3) is 0.281. The maximum atomic E-state index is 14.6. The van der Waals surface area contributed by atoms with Gasteiger partial charge in [0, 0.05) is 41.5 Å². The molecule has 2 aliphatic rings. The minimum atomic E-state index is -0.310. The van der Waals surface area contributed by atoms with Crippen LogP contribution >= 0.6 is 0 Å². The number of benzene rings is 4. The van der Waals surface area contributed by atoms with Gasteiger partial charge in [-0.1, -0.05) is 167 Å². The van der Waals surface area contributed by atoms with E-state index in [9.17, 15) is 8.78 Å². The van der Waals surface area contributed by atoms with Gasteiger partial charge < -0.3 is 4.57 Å². The standard InChI is InChI=1S/C22H25F2N.C13H14.C13H12.2C6H7N.2C2H6/c1-14-6-8-16(18(23)12-14)20-10-11-21(25(20)22(3,4)5)17-9-7-15(2)13-19(17)24;2*1-11-7-9-13(10-8-11)12-5-3-2-4-6-12;2*1-6-3-2-4-7-5-6;2*1-2/h6,8-13,15H,7H2,1-5H3;2-7,9H,8,10H2,1H3;2-10H,1H3;2*2-5H,1H3;2*1-2H3. The van der Waals surface area contributed by atoms with E-state index >= 15 is 0 Å². The van der Waals surface area contributed by atoms with Crippen LogP contribution in [0.3, 0.4) is 0 Å². The van der Waals surface area contributed by atoms with E-state index in [2.05, 4.69) is 136 Å². The van der Waals surface area contributed by atoms with Crippen LogP contribution in [-0.4, -0.2) is 14.5 Å². The summed E-state index contributed by atoms with van der Waals surface area (Å²) < 4.78 is 31.2. The minimum Gasteiger partial charge on any atom is -0.335 e. The molecule has 4 aromatic carbocycles. The average Bonchev–Trinajstić information content (AvgIpc) is 3.81. The Morgan fingerprint density at radius 3 is 1.51 bits per heavy atom. The zero-order valence-corrected chi connectivity index (χ0v) is 43.7. The molecule has 0 saturated carbocycles. The Morgan fingerprint density at radius 2 is 1.06 bits per heavy atom. The molecule has 0 bridgehead atoms. The molecule has 3 heterocycles. The maximum absolute atomic E-state index is 14.6. The van der Waals surface area contributed by atoms with Crippen LogP contribution in [0.15, 0.2) is 200 Å². The van der Waals surface area contributed by atoms with Crippen LogP contribution in [-0.2, 0) is 5.54 Å². The van der Waals surface area contributed by atoms with Crippen molar-refractivity contribution in [2.75, 3.05) is 0 Å². The molecule has 0 amide bonds. The first-order valence-electron chi connectivity index (χ1n) is 24.5. The summed E-state index contributed by atoms with van der Waals surface area (Å²) in [4.78, 5) is 7.77. The van der Waals surface area contributed by atoms with Gasteiger partial charge in [0.15, 0.2) is 0 Å². The third-order valence-electron chi connectivity index (χ3n) is 10.9. The van der Waals surface area contributed by atoms with E-state index in [0.29, 0.717) is 11.1 Å². The second kappa shape index (κ2) is 29.9. The highest BCUT2D eigenvalue weighted by Gasteiger charge is 2.26. The Hall–Kier alpha value is -6.72. The number of hydrogen-bond donors (Lipinski definition) is 0. The Balaban J connectivity index is 0.000000243. The van der Waals surface area contributed by atoms with Gasteiger partial charge in [-0.15, -0.1) is 0 Å². The number of hydrogen-bond acceptors (Lipinski definition) is 2. The van der Waals surface area contributed by atoms with Gasteiger partial charge in [0.25, 0.3) is 0 Å². The van der Waals surface area contributed by atoms with E-state index in [0.717, 1.165) is 23.4 Å². The molecule has 1 unspecified atom stereocenters. The molecule has 0 radical (unpaired) electrons. The van der Waals surface area contributed by atoms with Crippen LogP contribution in [0.25, 0.3) is 33.5 Å². The summed E-state index contributed by atoms with van der Waals surface area (Å²) in [5.41, 5.74) is 13.9. The number of allylic oxidation sites excluding steroid dienone is 8. The Kier molecular flexibility index (Phi) is 24.5. The van der Waals surface area contributed by atoms with E-state index in [1.807, 2.05) is 127 Å². The number of pyridine rings is 2. The number of aromatic nitrogens is 3. The first kappa shape index (κ1) is 56.6. The lowest BCUT2D eigenvalue weighted by Gasteiger charge is -2.29. The number of nitrogens with zero attached hydrogens (tertiary/aromatic N) is 3. The molecule has 362 valence electrons. The normalized spacial score (nSPS) is 13.5. The van der Waals surface area contributed by atoms with Crippen molar-refractivity contribution < 1.29 is 8.78 Å². The largest absolute Gasteiger partial charge is 0.335 e. The van der Waals surface area contributed by atoms with Crippen molar-refractivity contribution in [3.05, 3.63) is 239 Å². The molecule has 0 N–H and O–H groups in total. The van der Waals surface area contributed by atoms with E-state index in [-0.39, 0.29) is 23.1 Å². The fourth-order valence-electron chi connectivity index (χ4n) is 7.35. The molecule has 2 aliphatic carbocycles. The molecule has 0 spiro atoms. The molecule has 9 rings (SSSR count). The smallest absolute Gasteiger partial charge is 0.132 e. The third-order valence-corrected chi connectivity index (χ3v) is 10.9. The second-order valence-electron chi connectivity index (χ2n) is 17.8. The van der Waals surface area contributed by atoms with Crippen molar-refractivity contribution in [2.24, 2.45) is 5.92 Å². The molecule has 3 aromatic heterocycles. The Morgan fingerprint density at radius 1 is 0.536 bits per heavy atom. The molecular formula is C64H77F2N3. The predicted molar refractivity (Wildman–Crippen MR) is 295 cm³/mol. The van der Waals surface area contributed by atoms with Gasteiger partial charge in [0.05, 0.1) is 11.4 Å². The molecule has 0 fully saturated rings. The lowest BCUT2D eigenvalue weighted by molar-refractivity contribution is 0.398. The van der Waals surface area contributed by atoms with Crippen LogP contribution in [0, 0.1) is 39.4 Å². The van der Waals surface area contributed by atoms with Crippen molar-refractivity contribution in [2.45, 2.75) is 115 Å². The Labute approximate surface area is 415 Å². The molecule has 1 atom stereocenters. The van der Waals surface area contributed by atoms with E-state index in [1.54, 1.807) is 24.5 Å². The van der Waals surface area contributed by atoms with Crippen LogP contribution in [0.4, 0.5) is 8.78 Å². The molecule has 0 aliphatic heterocycles. The average molecular weight is 926 g/mol. The van der Waals surface area contributed by atoms with Crippen LogP contribution < -0.4 is 0 Å². The maximum Gasteiger partial charge on any atom is 0.132 e. The monoisotopic (exact) mass is 926 g/mol. The summed E-state index contributed by atoms with van der Waals surface area (Å²) in [5.74, 6) is -0.244. The molecule has 0 saturated heterocycles. The Bertz CT molecular complexity index is 2610. The zero-order valence-electron chi connectivity index (χ0n) is 43.7. The molecule has 5 heteroatoms. The van der Waals surface area contributed by atoms with E-state index in [1.165, 1.54) is 63.4 Å². The van der Waals surface area contributed by atoms with Crippen molar-refractivity contribution >= 4 is 11.1 Å². The molecular weight excluding hydrogens is 849 g/mol. The number of aryl methyl sites for hydroxylation is 4. The van der Waals surface area contributed by atoms with Gasteiger partial charge in [-0.2, -0.15) is 0 Å². The number of rotatable bonds is 4. The highest BCUT2D eigenvalue weighted by molar-refractivity contribution is 5.79. The van der Waals surface area contributed by atoms with Crippen LogP contribution in [0.1, 0.15) is 115 Å². The predicted octanol–water partition coefficient (Wildman–Crippen LogP) is 18.9. The first-order valence-corrected chi connectivity index (χ1v) is 24.5. The number of halogens is 2. The van der Waals surface area contributed by atoms with Crippen molar-refractivity contribution in [3.8, 4) is 22.4 Å². The van der Waals surface area contributed by atoms with Gasteiger partial charge in [-0.25, -0.2) is 8.78 Å². The van der Waals surface area contributed by atoms with E-state index in [4.69, 9.17) is 0 Å². The lowest BCUT2D eigenvalue weighted by atomic mass is 9.94.